The molecule has 0 spiro atoms. The number of rotatable bonds is 3. The van der Waals surface area contributed by atoms with Crippen molar-refractivity contribution in [2.75, 3.05) is 11.7 Å². The summed E-state index contributed by atoms with van der Waals surface area (Å²) in [5, 5.41) is 4.21. The van der Waals surface area contributed by atoms with Crippen LogP contribution >= 0.6 is 11.8 Å². The summed E-state index contributed by atoms with van der Waals surface area (Å²) in [6, 6.07) is 19.6. The van der Waals surface area contributed by atoms with Gasteiger partial charge >= 0.3 is 0 Å². The molecule has 1 aliphatic carbocycles. The van der Waals surface area contributed by atoms with Gasteiger partial charge in [-0.05, 0) is 61.4 Å². The number of carbonyl (C=O) groups is 1. The number of hydrogen-bond acceptors (Lipinski definition) is 7. The summed E-state index contributed by atoms with van der Waals surface area (Å²) in [6.07, 6.45) is 2.06. The second kappa shape index (κ2) is 7.11. The molecule has 0 bridgehead atoms. The third kappa shape index (κ3) is 3.09. The average Bonchev–Trinajstić information content (AvgIpc) is 3.38. The molecule has 4 aromatic rings. The van der Waals surface area contributed by atoms with Crippen molar-refractivity contribution in [3.05, 3.63) is 66.2 Å². The molecule has 2 aliphatic heterocycles. The molecule has 1 aromatic heterocycles. The van der Waals surface area contributed by atoms with Crippen LogP contribution in [0, 0.1) is 0 Å². The molecule has 1 saturated carbocycles. The Morgan fingerprint density at radius 1 is 0.909 bits per heavy atom. The molecule has 3 aromatic carbocycles. The van der Waals surface area contributed by atoms with Crippen molar-refractivity contribution in [3.63, 3.8) is 0 Å². The lowest BCUT2D eigenvalue weighted by Gasteiger charge is -2.22. The lowest BCUT2D eigenvalue weighted by molar-refractivity contribution is 0.0982. The summed E-state index contributed by atoms with van der Waals surface area (Å²) in [5.74, 6) is 2.34. The normalized spacial score (nSPS) is 16.4. The first kappa shape index (κ1) is 18.8. The molecule has 0 atom stereocenters. The number of hydrogen-bond donors (Lipinski definition) is 0. The van der Waals surface area contributed by atoms with Crippen molar-refractivity contribution >= 4 is 23.4 Å². The van der Waals surface area contributed by atoms with Crippen LogP contribution in [0.15, 0.2) is 75.0 Å². The fourth-order valence-corrected chi connectivity index (χ4v) is 5.31. The third-order valence-corrected chi connectivity index (χ3v) is 7.11. The second-order valence-electron chi connectivity index (χ2n) is 8.18. The summed E-state index contributed by atoms with van der Waals surface area (Å²) >= 11 is 1.60. The van der Waals surface area contributed by atoms with Crippen molar-refractivity contribution in [2.45, 2.75) is 28.7 Å². The largest absolute Gasteiger partial charge is 0.454 e. The first-order valence-corrected chi connectivity index (χ1v) is 11.5. The van der Waals surface area contributed by atoms with E-state index in [1.165, 1.54) is 0 Å². The van der Waals surface area contributed by atoms with Gasteiger partial charge in [0.25, 0.3) is 11.8 Å². The van der Waals surface area contributed by atoms with Crippen LogP contribution in [0.3, 0.4) is 0 Å². The van der Waals surface area contributed by atoms with E-state index >= 15 is 0 Å². The van der Waals surface area contributed by atoms with Crippen LogP contribution in [0.25, 0.3) is 22.8 Å². The molecular formula is C25H17N3O4S. The molecule has 0 radical (unpaired) electrons. The Bertz CT molecular complexity index is 1430. The molecule has 8 heteroatoms. The van der Waals surface area contributed by atoms with E-state index in [0.717, 1.165) is 45.0 Å². The Hall–Kier alpha value is -3.78. The van der Waals surface area contributed by atoms with Gasteiger partial charge in [0.2, 0.25) is 12.6 Å². The third-order valence-electron chi connectivity index (χ3n) is 5.99. The van der Waals surface area contributed by atoms with Crippen molar-refractivity contribution in [3.8, 4) is 34.3 Å². The highest BCUT2D eigenvalue weighted by molar-refractivity contribution is 7.99. The molecule has 3 heterocycles. The number of ether oxygens (including phenoxy) is 2. The maximum absolute atomic E-state index is 13.3. The van der Waals surface area contributed by atoms with E-state index in [1.54, 1.807) is 11.8 Å². The van der Waals surface area contributed by atoms with Crippen LogP contribution in [-0.4, -0.2) is 28.9 Å². The number of fused-ring (bicyclic) bond motifs is 3. The van der Waals surface area contributed by atoms with Crippen LogP contribution in [0.5, 0.6) is 11.5 Å². The minimum absolute atomic E-state index is 0.0664. The monoisotopic (exact) mass is 455 g/mol. The number of amides is 1. The van der Waals surface area contributed by atoms with Gasteiger partial charge in [0, 0.05) is 27.0 Å². The van der Waals surface area contributed by atoms with E-state index in [1.807, 2.05) is 65.6 Å². The van der Waals surface area contributed by atoms with Crippen LogP contribution < -0.4 is 14.4 Å². The molecule has 7 rings (SSSR count). The molecule has 0 N–H and O–H groups in total. The molecule has 3 aliphatic rings. The van der Waals surface area contributed by atoms with Gasteiger partial charge < -0.3 is 18.9 Å². The standard InChI is InChI=1S/C25H17N3O4S/c29-25-17-3-1-2-4-21(17)33-22-12-14(5-9-18(22)28(25)16-7-8-16)23-26-24(32-27-23)15-6-10-19-20(11-15)31-13-30-19/h1-6,9-12,16H,7-8,13H2. The van der Waals surface area contributed by atoms with Crippen LogP contribution in [0.2, 0.25) is 0 Å². The van der Waals surface area contributed by atoms with Crippen LogP contribution in [0.4, 0.5) is 5.69 Å². The number of nitrogens with zero attached hydrogens (tertiary/aromatic N) is 3. The first-order valence-electron chi connectivity index (χ1n) is 10.7. The van der Waals surface area contributed by atoms with Gasteiger partial charge in [-0.25, -0.2) is 0 Å². The Labute approximate surface area is 193 Å². The number of anilines is 1. The van der Waals surface area contributed by atoms with Gasteiger partial charge in [-0.15, -0.1) is 0 Å². The molecular weight excluding hydrogens is 438 g/mol. The highest BCUT2D eigenvalue weighted by Crippen LogP contribution is 2.46. The molecule has 162 valence electrons. The molecule has 33 heavy (non-hydrogen) atoms. The summed E-state index contributed by atoms with van der Waals surface area (Å²) in [7, 11) is 0. The van der Waals surface area contributed by atoms with E-state index in [4.69, 9.17) is 14.0 Å². The zero-order valence-corrected chi connectivity index (χ0v) is 18.2. The van der Waals surface area contributed by atoms with Crippen LogP contribution in [0.1, 0.15) is 23.2 Å². The minimum Gasteiger partial charge on any atom is -0.454 e. The first-order chi connectivity index (χ1) is 16.2. The van der Waals surface area contributed by atoms with Crippen molar-refractivity contribution in [2.24, 2.45) is 0 Å². The van der Waals surface area contributed by atoms with Gasteiger partial charge in [0.15, 0.2) is 11.5 Å². The molecule has 1 fully saturated rings. The SMILES string of the molecule is O=C1c2ccccc2Sc2cc(-c3noc(-c4ccc5c(c4)OCO5)n3)ccc2N1C1CC1. The fraction of sp³-hybridized carbons (Fsp3) is 0.160. The van der Waals surface area contributed by atoms with Crippen molar-refractivity contribution in [1.29, 1.82) is 0 Å². The maximum Gasteiger partial charge on any atom is 0.259 e. The predicted octanol–water partition coefficient (Wildman–Crippen LogP) is 5.41. The Morgan fingerprint density at radius 2 is 1.76 bits per heavy atom. The number of aromatic nitrogens is 2. The molecule has 1 amide bonds. The zero-order chi connectivity index (χ0) is 21.9. The van der Waals surface area contributed by atoms with E-state index in [2.05, 4.69) is 10.1 Å². The maximum atomic E-state index is 13.3. The highest BCUT2D eigenvalue weighted by Gasteiger charge is 2.38. The number of benzene rings is 3. The quantitative estimate of drug-likeness (QED) is 0.409. The van der Waals surface area contributed by atoms with Gasteiger partial charge in [-0.1, -0.05) is 29.1 Å². The van der Waals surface area contributed by atoms with Gasteiger partial charge in [0.1, 0.15) is 0 Å². The molecule has 0 saturated heterocycles. The van der Waals surface area contributed by atoms with E-state index in [-0.39, 0.29) is 18.7 Å². The topological polar surface area (TPSA) is 77.7 Å². The van der Waals surface area contributed by atoms with E-state index in [0.29, 0.717) is 23.2 Å². The second-order valence-corrected chi connectivity index (χ2v) is 9.26. The van der Waals surface area contributed by atoms with Crippen molar-refractivity contribution in [1.82, 2.24) is 10.1 Å². The molecule has 7 nitrogen and oxygen atoms in total. The van der Waals surface area contributed by atoms with E-state index < -0.39 is 0 Å². The summed E-state index contributed by atoms with van der Waals surface area (Å²) in [4.78, 5) is 21.9. The van der Waals surface area contributed by atoms with Gasteiger partial charge in [-0.2, -0.15) is 4.98 Å². The predicted molar refractivity (Wildman–Crippen MR) is 122 cm³/mol. The smallest absolute Gasteiger partial charge is 0.259 e. The Morgan fingerprint density at radius 3 is 2.67 bits per heavy atom. The highest BCUT2D eigenvalue weighted by atomic mass is 32.2. The van der Waals surface area contributed by atoms with Crippen LogP contribution in [-0.2, 0) is 0 Å². The molecule has 0 unspecified atom stereocenters. The minimum atomic E-state index is 0.0664. The average molecular weight is 455 g/mol. The van der Waals surface area contributed by atoms with E-state index in [9.17, 15) is 4.79 Å². The Kier molecular flexibility index (Phi) is 4.04. The van der Waals surface area contributed by atoms with Gasteiger partial charge in [0.05, 0.1) is 11.3 Å². The summed E-state index contributed by atoms with van der Waals surface area (Å²) in [6.45, 7) is 0.212. The summed E-state index contributed by atoms with van der Waals surface area (Å²) < 4.78 is 16.4. The lowest BCUT2D eigenvalue weighted by Crippen LogP contribution is -2.32. The Balaban J connectivity index is 1.28. The number of carbonyl (C=O) groups excluding carboxylic acids is 1. The van der Waals surface area contributed by atoms with Gasteiger partial charge in [-0.3, -0.25) is 4.79 Å². The lowest BCUT2D eigenvalue weighted by atomic mass is 10.1. The fourth-order valence-electron chi connectivity index (χ4n) is 4.21. The van der Waals surface area contributed by atoms with Crippen molar-refractivity contribution < 1.29 is 18.8 Å². The zero-order valence-electron chi connectivity index (χ0n) is 17.4. The summed E-state index contributed by atoms with van der Waals surface area (Å²) in [5.41, 5.74) is 3.28.